The summed E-state index contributed by atoms with van der Waals surface area (Å²) in [7, 11) is 1.30. The van der Waals surface area contributed by atoms with E-state index in [1.54, 1.807) is 6.07 Å². The molecule has 1 heterocycles. The number of nitrogens with one attached hydrogen (secondary N) is 1. The van der Waals surface area contributed by atoms with Gasteiger partial charge in [0.15, 0.2) is 0 Å². The average Bonchev–Trinajstić information content (AvgIpc) is 2.90. The third-order valence-electron chi connectivity index (χ3n) is 6.77. The third kappa shape index (κ3) is 4.77. The maximum atomic E-state index is 14.5. The summed E-state index contributed by atoms with van der Waals surface area (Å²) < 4.78 is 25.6. The normalized spacial score (nSPS) is 17.9. The van der Waals surface area contributed by atoms with E-state index in [1.165, 1.54) is 35.6 Å². The van der Waals surface area contributed by atoms with Gasteiger partial charge in [-0.05, 0) is 59.5 Å². The fraction of sp³-hybridized carbons (Fsp3) is 0.233. The number of hydrogen-bond acceptors (Lipinski definition) is 4. The van der Waals surface area contributed by atoms with Gasteiger partial charge in [0.05, 0.1) is 12.7 Å². The van der Waals surface area contributed by atoms with E-state index in [4.69, 9.17) is 9.47 Å². The molecule has 5 heteroatoms. The zero-order chi connectivity index (χ0) is 24.4. The maximum absolute atomic E-state index is 14.5. The summed E-state index contributed by atoms with van der Waals surface area (Å²) in [6.07, 6.45) is 0.549. The Labute approximate surface area is 206 Å². The van der Waals surface area contributed by atoms with Gasteiger partial charge in [-0.1, -0.05) is 60.7 Å². The fourth-order valence-corrected chi connectivity index (χ4v) is 5.03. The van der Waals surface area contributed by atoms with E-state index >= 15 is 0 Å². The van der Waals surface area contributed by atoms with E-state index in [0.717, 1.165) is 16.9 Å². The van der Waals surface area contributed by atoms with Crippen molar-refractivity contribution in [3.8, 4) is 5.75 Å². The number of fused-ring (bicyclic) bond motifs is 2. The minimum Gasteiger partial charge on any atom is -0.489 e. The van der Waals surface area contributed by atoms with E-state index in [0.29, 0.717) is 13.0 Å². The van der Waals surface area contributed by atoms with Gasteiger partial charge in [0.1, 0.15) is 17.7 Å². The Balaban J connectivity index is 0.00000304. The Hall–Kier alpha value is -3.70. The Morgan fingerprint density at radius 3 is 2.71 bits per heavy atom. The Morgan fingerprint density at radius 2 is 1.86 bits per heavy atom. The van der Waals surface area contributed by atoms with Crippen molar-refractivity contribution >= 4 is 16.7 Å². The minimum absolute atomic E-state index is 0. The maximum Gasteiger partial charge on any atom is 0.337 e. The molecule has 3 atom stereocenters. The molecular weight excluding hydrogens is 441 g/mol. The molecule has 5 rings (SSSR count). The number of ether oxygens (including phenoxy) is 2. The Kier molecular flexibility index (Phi) is 6.51. The van der Waals surface area contributed by atoms with Gasteiger partial charge in [0.2, 0.25) is 0 Å². The van der Waals surface area contributed by atoms with E-state index in [2.05, 4.69) is 54.7 Å². The van der Waals surface area contributed by atoms with Gasteiger partial charge in [0.25, 0.3) is 0 Å². The number of rotatable bonds is 6. The van der Waals surface area contributed by atoms with Crippen molar-refractivity contribution in [3.63, 3.8) is 0 Å². The number of halogens is 1. The van der Waals surface area contributed by atoms with Crippen molar-refractivity contribution in [2.75, 3.05) is 13.7 Å². The van der Waals surface area contributed by atoms with Crippen LogP contribution in [0.4, 0.5) is 4.39 Å². The van der Waals surface area contributed by atoms with Crippen LogP contribution in [-0.4, -0.2) is 25.7 Å². The standard InChI is InChI=1S/C30H28FNO3.H2/c1-19(25-12-7-9-20-8-3-4-10-26(20)25)32-18-24-17-28(27-11-5-6-13-29(27)35-24)21-14-22(30(33)34-2)16-23(31)15-21;/h3-16,19,24,28,32H,17-18H2,1-2H3;1H/t19-,24-,28+;/m1./s1. The molecule has 4 aromatic rings. The van der Waals surface area contributed by atoms with Crippen LogP contribution in [0.25, 0.3) is 10.8 Å². The lowest BCUT2D eigenvalue weighted by atomic mass is 9.83. The summed E-state index contributed by atoms with van der Waals surface area (Å²) in [6.45, 7) is 2.79. The second-order valence-electron chi connectivity index (χ2n) is 9.03. The minimum atomic E-state index is -0.548. The zero-order valence-electron chi connectivity index (χ0n) is 19.8. The first kappa shape index (κ1) is 23.1. The smallest absolute Gasteiger partial charge is 0.337 e. The second-order valence-corrected chi connectivity index (χ2v) is 9.03. The van der Waals surface area contributed by atoms with Crippen molar-refractivity contribution in [2.24, 2.45) is 0 Å². The fourth-order valence-electron chi connectivity index (χ4n) is 5.03. The predicted octanol–water partition coefficient (Wildman–Crippen LogP) is 6.65. The Bertz CT molecular complexity index is 1370. The van der Waals surface area contributed by atoms with Crippen LogP contribution < -0.4 is 10.1 Å². The second kappa shape index (κ2) is 9.88. The summed E-state index contributed by atoms with van der Waals surface area (Å²) in [5.41, 5.74) is 3.19. The molecule has 0 saturated carbocycles. The lowest BCUT2D eigenvalue weighted by Crippen LogP contribution is -2.37. The summed E-state index contributed by atoms with van der Waals surface area (Å²) >= 11 is 0. The molecule has 0 bridgehead atoms. The highest BCUT2D eigenvalue weighted by molar-refractivity contribution is 5.89. The SMILES string of the molecule is COC(=O)c1cc(F)cc([C@@H]2C[C@H](CN[C@H](C)c3cccc4ccccc34)Oc3ccccc32)c1.[HH]. The molecular formula is C30H30FNO3. The van der Waals surface area contributed by atoms with Crippen molar-refractivity contribution in [2.45, 2.75) is 31.4 Å². The van der Waals surface area contributed by atoms with Crippen LogP contribution in [0.15, 0.2) is 84.9 Å². The molecule has 0 radical (unpaired) electrons. The number of methoxy groups -OCH3 is 1. The summed E-state index contributed by atoms with van der Waals surface area (Å²) in [5.74, 6) is -0.310. The van der Waals surface area contributed by atoms with Crippen LogP contribution in [0.2, 0.25) is 0 Å². The lowest BCUT2D eigenvalue weighted by Gasteiger charge is -2.33. The van der Waals surface area contributed by atoms with Gasteiger partial charge in [-0.15, -0.1) is 0 Å². The van der Waals surface area contributed by atoms with Crippen LogP contribution >= 0.6 is 0 Å². The first-order chi connectivity index (χ1) is 17.0. The largest absolute Gasteiger partial charge is 0.489 e. The van der Waals surface area contributed by atoms with Crippen molar-refractivity contribution in [1.82, 2.24) is 5.32 Å². The Morgan fingerprint density at radius 1 is 1.09 bits per heavy atom. The van der Waals surface area contributed by atoms with Gasteiger partial charge in [-0.25, -0.2) is 9.18 Å². The molecule has 4 aromatic carbocycles. The molecule has 4 nitrogen and oxygen atoms in total. The van der Waals surface area contributed by atoms with E-state index in [-0.39, 0.29) is 25.1 Å². The molecule has 0 amide bonds. The molecule has 180 valence electrons. The van der Waals surface area contributed by atoms with Gasteiger partial charge >= 0.3 is 5.97 Å². The third-order valence-corrected chi connectivity index (χ3v) is 6.77. The first-order valence-corrected chi connectivity index (χ1v) is 11.9. The van der Waals surface area contributed by atoms with E-state index in [1.807, 2.05) is 24.3 Å². The molecule has 0 fully saturated rings. The molecule has 35 heavy (non-hydrogen) atoms. The number of benzene rings is 4. The molecule has 0 saturated heterocycles. The molecule has 0 spiro atoms. The highest BCUT2D eigenvalue weighted by Crippen LogP contribution is 2.41. The first-order valence-electron chi connectivity index (χ1n) is 11.9. The summed E-state index contributed by atoms with van der Waals surface area (Å²) in [6, 6.07) is 27.2. The topological polar surface area (TPSA) is 47.6 Å². The van der Waals surface area contributed by atoms with Crippen molar-refractivity contribution in [1.29, 1.82) is 0 Å². The molecule has 1 N–H and O–H groups in total. The van der Waals surface area contributed by atoms with Crippen molar-refractivity contribution in [3.05, 3.63) is 113 Å². The van der Waals surface area contributed by atoms with Crippen LogP contribution in [-0.2, 0) is 4.74 Å². The predicted molar refractivity (Wildman–Crippen MR) is 138 cm³/mol. The number of carbonyl (C=O) groups is 1. The van der Waals surface area contributed by atoms with Crippen LogP contribution in [0.5, 0.6) is 5.75 Å². The highest BCUT2D eigenvalue weighted by atomic mass is 19.1. The monoisotopic (exact) mass is 471 g/mol. The summed E-state index contributed by atoms with van der Waals surface area (Å²) in [5, 5.41) is 6.09. The number of hydrogen-bond donors (Lipinski definition) is 1. The van der Waals surface area contributed by atoms with Crippen LogP contribution in [0.3, 0.4) is 0 Å². The van der Waals surface area contributed by atoms with Crippen LogP contribution in [0.1, 0.15) is 53.8 Å². The van der Waals surface area contributed by atoms with Crippen molar-refractivity contribution < 1.29 is 20.1 Å². The zero-order valence-corrected chi connectivity index (χ0v) is 19.8. The van der Waals surface area contributed by atoms with Gasteiger partial charge < -0.3 is 14.8 Å². The number of para-hydroxylation sites is 1. The lowest BCUT2D eigenvalue weighted by molar-refractivity contribution is 0.0600. The van der Waals surface area contributed by atoms with E-state index < -0.39 is 11.8 Å². The molecule has 0 aliphatic carbocycles. The van der Waals surface area contributed by atoms with Gasteiger partial charge in [-0.2, -0.15) is 0 Å². The molecule has 1 aliphatic rings. The van der Waals surface area contributed by atoms with Crippen LogP contribution in [0, 0.1) is 5.82 Å². The molecule has 0 aromatic heterocycles. The molecule has 0 unspecified atom stereocenters. The molecule has 1 aliphatic heterocycles. The average molecular weight is 472 g/mol. The highest BCUT2D eigenvalue weighted by Gasteiger charge is 2.30. The number of esters is 1. The number of carbonyl (C=O) groups excluding carboxylic acids is 1. The summed E-state index contributed by atoms with van der Waals surface area (Å²) in [4.78, 5) is 12.1. The van der Waals surface area contributed by atoms with Gasteiger partial charge in [0, 0.05) is 25.5 Å². The van der Waals surface area contributed by atoms with Gasteiger partial charge in [-0.3, -0.25) is 0 Å². The van der Waals surface area contributed by atoms with E-state index in [9.17, 15) is 9.18 Å². The quantitative estimate of drug-likeness (QED) is 0.320.